The van der Waals surface area contributed by atoms with Crippen LogP contribution in [0.3, 0.4) is 0 Å². The molecule has 2 heterocycles. The van der Waals surface area contributed by atoms with Crippen molar-refractivity contribution in [2.75, 3.05) is 59.5 Å². The monoisotopic (exact) mass is 1140 g/mol. The molecule has 0 spiro atoms. The second kappa shape index (κ2) is 32.4. The van der Waals surface area contributed by atoms with Crippen LogP contribution in [0.1, 0.15) is 117 Å². The molecule has 2 aliphatic rings. The zero-order valence-corrected chi connectivity index (χ0v) is 49.9. The average Bonchev–Trinajstić information content (AvgIpc) is 4.05. The summed E-state index contributed by atoms with van der Waals surface area (Å²) in [5, 5.41) is 18.4. The highest BCUT2D eigenvalue weighted by atomic mass is 32.2. The lowest BCUT2D eigenvalue weighted by Crippen LogP contribution is -2.60. The first-order chi connectivity index (χ1) is 38.0. The van der Waals surface area contributed by atoms with E-state index in [1.165, 1.54) is 42.8 Å². The number of ether oxygens (including phenoxy) is 3. The molecule has 80 heavy (non-hydrogen) atoms. The number of unbranched alkanes of at least 4 members (excludes halogenated alkanes) is 2. The van der Waals surface area contributed by atoms with Gasteiger partial charge in [-0.1, -0.05) is 104 Å². The molecule has 2 fully saturated rings. The van der Waals surface area contributed by atoms with Crippen molar-refractivity contribution in [3.63, 3.8) is 0 Å². The van der Waals surface area contributed by atoms with E-state index in [2.05, 4.69) is 16.0 Å². The number of rotatable bonds is 33. The van der Waals surface area contributed by atoms with E-state index in [0.29, 0.717) is 62.9 Å². The Morgan fingerprint density at radius 3 is 2.08 bits per heavy atom. The van der Waals surface area contributed by atoms with Crippen LogP contribution in [0, 0.1) is 23.7 Å². The Hall–Kier alpha value is -6.06. The second-order valence-corrected chi connectivity index (χ2v) is 23.0. The third-order valence-electron chi connectivity index (χ3n) is 15.6. The fraction of sp³-hybridized carbons (Fsp3) is 0.644. The number of ketones is 1. The summed E-state index contributed by atoms with van der Waals surface area (Å²) in [5.41, 5.74) is 2.13. The fourth-order valence-corrected chi connectivity index (χ4v) is 11.4. The lowest BCUT2D eigenvalue weighted by atomic mass is 9.89. The van der Waals surface area contributed by atoms with Crippen molar-refractivity contribution in [1.29, 1.82) is 0 Å². The third kappa shape index (κ3) is 18.5. The molecular formula is C59H89N7O13S. The summed E-state index contributed by atoms with van der Waals surface area (Å²) < 4.78 is 17.6. The molecule has 0 saturated carbocycles. The van der Waals surface area contributed by atoms with E-state index in [-0.39, 0.29) is 78.9 Å². The van der Waals surface area contributed by atoms with Gasteiger partial charge in [-0.15, -0.1) is 0 Å². The van der Waals surface area contributed by atoms with Gasteiger partial charge in [0.05, 0.1) is 48.4 Å². The Morgan fingerprint density at radius 2 is 1.50 bits per heavy atom. The number of carboxylic acids is 1. The predicted octanol–water partition coefficient (Wildman–Crippen LogP) is 6.18. The quantitative estimate of drug-likeness (QED) is 0.0460. The Bertz CT molecular complexity index is 2390. The topological polar surface area (TPSA) is 251 Å². The predicted molar refractivity (Wildman–Crippen MR) is 306 cm³/mol. The van der Waals surface area contributed by atoms with Crippen molar-refractivity contribution in [2.45, 2.75) is 167 Å². The molecule has 7 amide bonds. The van der Waals surface area contributed by atoms with Crippen LogP contribution in [0.15, 0.2) is 54.6 Å². The van der Waals surface area contributed by atoms with Gasteiger partial charge < -0.3 is 45.1 Å². The van der Waals surface area contributed by atoms with E-state index in [4.69, 9.17) is 14.2 Å². The van der Waals surface area contributed by atoms with Crippen molar-refractivity contribution in [3.8, 4) is 0 Å². The number of carbonyl (C=O) groups is 9. The number of benzene rings is 2. The molecule has 2 aromatic carbocycles. The van der Waals surface area contributed by atoms with Gasteiger partial charge in [-0.2, -0.15) is 11.8 Å². The standard InChI is InChI=1S/C59H89N7O13S/c1-13-38(6)52(46(77-10)32-48(68)65-30-20-24-45(65)53(78-11)39(7)54(70)61-44(58(74)75)31-40-21-16-14-17-22-40)63(8)57(73)50(36(2)3)62-55(71)51(37(4)5)64(9)59(76)79-35-41-25-27-42(28-26-41)60-34-43(67)23-18-15-19-29-66-49(69)33-47(80-12)56(66)72/h14,16-17,21-22,25-28,36-39,44-47,50-53,60H,13,15,18-20,23-24,29-35H2,1-12H3,(H,61,70)(H,62,71)(H,74,75)/t38-,39+,44-,45-,46+,47?,50-,51-,52-,53+/m0/s1. The van der Waals surface area contributed by atoms with Crippen molar-refractivity contribution >= 4 is 70.7 Å². The van der Waals surface area contributed by atoms with Gasteiger partial charge in [0.2, 0.25) is 35.4 Å². The molecule has 21 heteroatoms. The van der Waals surface area contributed by atoms with Crippen LogP contribution in [-0.2, 0) is 65.6 Å². The minimum Gasteiger partial charge on any atom is -0.480 e. The molecule has 4 N–H and O–H groups in total. The molecule has 0 aromatic heterocycles. The van der Waals surface area contributed by atoms with E-state index in [0.717, 1.165) is 12.0 Å². The number of amides is 7. The first kappa shape index (κ1) is 66.5. The van der Waals surface area contributed by atoms with Crippen LogP contribution in [0.25, 0.3) is 0 Å². The van der Waals surface area contributed by atoms with Crippen molar-refractivity contribution in [1.82, 2.24) is 30.2 Å². The molecule has 2 aliphatic heterocycles. The van der Waals surface area contributed by atoms with Gasteiger partial charge >= 0.3 is 12.1 Å². The summed E-state index contributed by atoms with van der Waals surface area (Å²) in [6, 6.07) is 11.8. The second-order valence-electron chi connectivity index (χ2n) is 22.0. The van der Waals surface area contributed by atoms with Crippen molar-refractivity contribution < 1.29 is 62.5 Å². The minimum atomic E-state index is -1.17. The number of thioether (sulfide) groups is 1. The fourth-order valence-electron chi connectivity index (χ4n) is 10.8. The number of anilines is 1. The molecule has 2 aromatic rings. The lowest BCUT2D eigenvalue weighted by Gasteiger charge is -2.41. The largest absolute Gasteiger partial charge is 0.480 e. The Morgan fingerprint density at radius 1 is 0.825 bits per heavy atom. The number of carboxylic acid groups (broad SMARTS) is 1. The van der Waals surface area contributed by atoms with Gasteiger partial charge in [-0.05, 0) is 73.0 Å². The first-order valence-corrected chi connectivity index (χ1v) is 29.4. The van der Waals surface area contributed by atoms with Crippen LogP contribution in [-0.4, -0.2) is 180 Å². The molecular weight excluding hydrogens is 1050 g/mol. The normalized spacial score (nSPS) is 18.4. The number of methoxy groups -OCH3 is 2. The molecule has 0 aliphatic carbocycles. The molecule has 444 valence electrons. The molecule has 0 radical (unpaired) electrons. The van der Waals surface area contributed by atoms with Crippen LogP contribution in [0.4, 0.5) is 10.5 Å². The zero-order valence-electron chi connectivity index (χ0n) is 49.1. The van der Waals surface area contributed by atoms with Crippen molar-refractivity contribution in [3.05, 3.63) is 65.7 Å². The van der Waals surface area contributed by atoms with Crippen LogP contribution >= 0.6 is 11.8 Å². The summed E-state index contributed by atoms with van der Waals surface area (Å²) >= 11 is 1.39. The van der Waals surface area contributed by atoms with Crippen LogP contribution in [0.2, 0.25) is 0 Å². The van der Waals surface area contributed by atoms with E-state index >= 15 is 0 Å². The highest BCUT2D eigenvalue weighted by Gasteiger charge is 2.44. The Labute approximate surface area is 477 Å². The number of carbonyl (C=O) groups excluding carboxylic acids is 8. The van der Waals surface area contributed by atoms with Gasteiger partial charge in [-0.25, -0.2) is 9.59 Å². The maximum atomic E-state index is 14.7. The number of nitrogens with one attached hydrogen (secondary N) is 3. The molecule has 1 unspecified atom stereocenters. The molecule has 0 bridgehead atoms. The number of imide groups is 1. The smallest absolute Gasteiger partial charge is 0.410 e. The molecule has 20 nitrogen and oxygen atoms in total. The number of nitrogens with zero attached hydrogens (tertiary/aromatic N) is 4. The summed E-state index contributed by atoms with van der Waals surface area (Å²) in [6.07, 6.45) is 4.01. The van der Waals surface area contributed by atoms with Gasteiger partial charge in [0.25, 0.3) is 0 Å². The number of likely N-dealkylation sites (tertiary alicyclic amines) is 2. The summed E-state index contributed by atoms with van der Waals surface area (Å²) in [4.78, 5) is 126. The third-order valence-corrected chi connectivity index (χ3v) is 16.6. The average molecular weight is 1140 g/mol. The van der Waals surface area contributed by atoms with Crippen LogP contribution in [0.5, 0.6) is 0 Å². The van der Waals surface area contributed by atoms with Gasteiger partial charge in [-0.3, -0.25) is 43.4 Å². The molecule has 2 saturated heterocycles. The SMILES string of the molecule is CC[C@H](C)[C@@H]([C@@H](CC(=O)N1CCC[C@H]1[C@H](OC)[C@@H](C)C(=O)N[C@@H](Cc1ccccc1)C(=O)O)OC)N(C)C(=O)[C@@H](NC(=O)[C@H](C(C)C)N(C)C(=O)OCc1ccc(NCC(=O)CCCCCN2C(=O)CC(SC)C2=O)cc1)C(C)C. The number of hydrogen-bond acceptors (Lipinski definition) is 14. The number of likely N-dealkylation sites (N-methyl/N-ethyl adjacent to an activating group) is 2. The molecule has 4 rings (SSSR count). The summed E-state index contributed by atoms with van der Waals surface area (Å²) in [7, 11) is 6.08. The Balaban J connectivity index is 1.33. The lowest BCUT2D eigenvalue weighted by molar-refractivity contribution is -0.148. The van der Waals surface area contributed by atoms with Crippen LogP contribution < -0.4 is 16.0 Å². The maximum Gasteiger partial charge on any atom is 0.410 e. The first-order valence-electron chi connectivity index (χ1n) is 28.1. The summed E-state index contributed by atoms with van der Waals surface area (Å²) in [6.45, 7) is 13.6. The number of Topliss-reactive ketones (excluding diaryl/α,β-unsaturated/α-hetero) is 1. The van der Waals surface area contributed by atoms with Gasteiger partial charge in [0.15, 0.2) is 5.78 Å². The summed E-state index contributed by atoms with van der Waals surface area (Å²) in [5.74, 6) is -4.87. The number of hydrogen-bond donors (Lipinski definition) is 4. The molecule has 10 atom stereocenters. The zero-order chi connectivity index (χ0) is 59.4. The van der Waals surface area contributed by atoms with Crippen molar-refractivity contribution in [2.24, 2.45) is 23.7 Å². The van der Waals surface area contributed by atoms with E-state index in [9.17, 15) is 48.3 Å². The Kier molecular flexibility index (Phi) is 26.9. The van der Waals surface area contributed by atoms with E-state index in [1.807, 2.05) is 40.0 Å². The van der Waals surface area contributed by atoms with Gasteiger partial charge in [0, 0.05) is 66.4 Å². The van der Waals surface area contributed by atoms with E-state index < -0.39 is 78.1 Å². The highest BCUT2D eigenvalue weighted by molar-refractivity contribution is 8.00. The maximum absolute atomic E-state index is 14.7. The minimum absolute atomic E-state index is 0.0260. The van der Waals surface area contributed by atoms with Gasteiger partial charge in [0.1, 0.15) is 24.7 Å². The highest BCUT2D eigenvalue weighted by Crippen LogP contribution is 2.30. The van der Waals surface area contributed by atoms with E-state index in [1.54, 1.807) is 86.1 Å². The number of aliphatic carboxylic acids is 1.